The standard InChI is InChI=1S/C33H44ClNO9/c1-17-15-18(2)33-21(16-23(40-6)31(39)42-26(17)20(4)41-24(36)10-7-13-34)11-12-32(5)28(33)25(37)19(3)27(29(32)44-33)43-30(38)22-9-8-14-35-22/h8-9,11-12,14-15,17,19-21,23,25-29,35,37H,7,10,13,16H2,1-6H3/b18-15+/t17-,19-,20-,21-,23+,25-,26+,27-,28-,29+,32-,33+/m1/s1. The molecule has 1 spiro atoms. The highest BCUT2D eigenvalue weighted by Crippen LogP contribution is 2.66. The minimum Gasteiger partial charge on any atom is -0.459 e. The monoisotopic (exact) mass is 633 g/mol. The molecule has 3 heterocycles. The summed E-state index contributed by atoms with van der Waals surface area (Å²) in [5, 5.41) is 12.0. The number of hydrogen-bond acceptors (Lipinski definition) is 9. The Morgan fingerprint density at radius 3 is 2.70 bits per heavy atom. The van der Waals surface area contributed by atoms with E-state index in [1.807, 2.05) is 39.8 Å². The first-order chi connectivity index (χ1) is 20.9. The fraction of sp³-hybridized carbons (Fsp3) is 0.667. The molecule has 2 aliphatic carbocycles. The summed E-state index contributed by atoms with van der Waals surface area (Å²) in [5.74, 6) is -2.73. The van der Waals surface area contributed by atoms with E-state index in [-0.39, 0.29) is 18.8 Å². The topological polar surface area (TPSA) is 133 Å². The minimum absolute atomic E-state index is 0.163. The normalized spacial score (nSPS) is 41.5. The maximum absolute atomic E-state index is 13.5. The van der Waals surface area contributed by atoms with Crippen LogP contribution >= 0.6 is 11.6 Å². The molecule has 0 radical (unpaired) electrons. The number of esters is 3. The summed E-state index contributed by atoms with van der Waals surface area (Å²) in [7, 11) is 1.46. The Kier molecular flexibility index (Phi) is 9.38. The van der Waals surface area contributed by atoms with Crippen LogP contribution in [0.4, 0.5) is 0 Å². The molecule has 1 saturated heterocycles. The smallest absolute Gasteiger partial charge is 0.355 e. The van der Waals surface area contributed by atoms with Crippen LogP contribution in [0.15, 0.2) is 42.1 Å². The maximum atomic E-state index is 13.5. The second kappa shape index (κ2) is 12.6. The Hall–Kier alpha value is -2.66. The van der Waals surface area contributed by atoms with Crippen LogP contribution in [0.3, 0.4) is 0 Å². The number of aliphatic hydroxyl groups is 1. The van der Waals surface area contributed by atoms with Crippen molar-refractivity contribution >= 4 is 29.5 Å². The van der Waals surface area contributed by atoms with Gasteiger partial charge in [0.25, 0.3) is 0 Å². The Balaban J connectivity index is 1.54. The number of hydrogen-bond donors (Lipinski definition) is 2. The van der Waals surface area contributed by atoms with Crippen LogP contribution in [0.5, 0.6) is 0 Å². The van der Waals surface area contributed by atoms with Crippen LogP contribution in [-0.2, 0) is 33.3 Å². The zero-order chi connectivity index (χ0) is 32.0. The van der Waals surface area contributed by atoms with Gasteiger partial charge in [0.2, 0.25) is 0 Å². The number of halogens is 1. The molecule has 0 amide bonds. The molecular weight excluding hydrogens is 590 g/mol. The fourth-order valence-corrected chi connectivity index (χ4v) is 8.20. The van der Waals surface area contributed by atoms with E-state index in [0.29, 0.717) is 18.0 Å². The van der Waals surface area contributed by atoms with E-state index in [9.17, 15) is 19.5 Å². The van der Waals surface area contributed by atoms with Crippen molar-refractivity contribution in [2.75, 3.05) is 13.0 Å². The van der Waals surface area contributed by atoms with Gasteiger partial charge in [0.15, 0.2) is 6.10 Å². The lowest BCUT2D eigenvalue weighted by atomic mass is 9.51. The molecule has 1 aromatic rings. The number of carbonyl (C=O) groups excluding carboxylic acids is 3. The summed E-state index contributed by atoms with van der Waals surface area (Å²) in [5.41, 5.74) is -0.512. The Morgan fingerprint density at radius 2 is 2.05 bits per heavy atom. The van der Waals surface area contributed by atoms with Gasteiger partial charge in [-0.2, -0.15) is 0 Å². The van der Waals surface area contributed by atoms with Gasteiger partial charge in [0, 0.05) is 54.7 Å². The van der Waals surface area contributed by atoms with Crippen LogP contribution < -0.4 is 0 Å². The lowest BCUT2D eigenvalue weighted by molar-refractivity contribution is -0.179. The van der Waals surface area contributed by atoms with E-state index in [0.717, 1.165) is 5.57 Å². The lowest BCUT2D eigenvalue weighted by Crippen LogP contribution is -2.61. The zero-order valence-electron chi connectivity index (χ0n) is 26.2. The average molecular weight is 634 g/mol. The van der Waals surface area contributed by atoms with Crippen molar-refractivity contribution in [3.05, 3.63) is 47.8 Å². The number of ether oxygens (including phenoxy) is 5. The molecule has 4 aliphatic rings. The molecule has 2 N–H and O–H groups in total. The van der Waals surface area contributed by atoms with E-state index in [1.165, 1.54) is 7.11 Å². The van der Waals surface area contributed by atoms with Crippen molar-refractivity contribution in [3.8, 4) is 0 Å². The van der Waals surface area contributed by atoms with Crippen molar-refractivity contribution in [2.45, 2.75) is 96.1 Å². The molecule has 1 aromatic heterocycles. The molecule has 10 nitrogen and oxygen atoms in total. The number of methoxy groups -OCH3 is 1. The van der Waals surface area contributed by atoms with E-state index in [2.05, 4.69) is 11.1 Å². The van der Waals surface area contributed by atoms with Crippen LogP contribution in [0.2, 0.25) is 0 Å². The highest BCUT2D eigenvalue weighted by molar-refractivity contribution is 6.17. The molecule has 4 bridgehead atoms. The number of aliphatic hydroxyl groups excluding tert-OH is 1. The third-order valence-electron chi connectivity index (χ3n) is 10.3. The number of H-pyrrole nitrogens is 1. The van der Waals surface area contributed by atoms with E-state index in [4.69, 9.17) is 35.3 Å². The molecule has 2 aliphatic heterocycles. The first-order valence-electron chi connectivity index (χ1n) is 15.5. The van der Waals surface area contributed by atoms with Gasteiger partial charge in [-0.1, -0.05) is 39.0 Å². The van der Waals surface area contributed by atoms with Crippen LogP contribution in [-0.4, -0.2) is 83.2 Å². The number of aromatic nitrogens is 1. The summed E-state index contributed by atoms with van der Waals surface area (Å²) in [6, 6.07) is 3.37. The third kappa shape index (κ3) is 5.42. The number of rotatable bonds is 8. The number of alkyl halides is 1. The molecule has 11 heteroatoms. The number of aromatic amines is 1. The molecule has 1 saturated carbocycles. The summed E-state index contributed by atoms with van der Waals surface area (Å²) in [6.07, 6.45) is 3.97. The molecule has 2 fully saturated rings. The molecule has 242 valence electrons. The molecule has 12 atom stereocenters. The second-order valence-electron chi connectivity index (χ2n) is 13.0. The molecular formula is C33H44ClNO9. The predicted molar refractivity (Wildman–Crippen MR) is 161 cm³/mol. The Labute approximate surface area is 263 Å². The Bertz CT molecular complexity index is 1300. The van der Waals surface area contributed by atoms with Gasteiger partial charge in [-0.15, -0.1) is 11.6 Å². The summed E-state index contributed by atoms with van der Waals surface area (Å²) >= 11 is 5.75. The van der Waals surface area contributed by atoms with E-state index < -0.39 is 83.3 Å². The summed E-state index contributed by atoms with van der Waals surface area (Å²) in [6.45, 7) is 9.50. The third-order valence-corrected chi connectivity index (χ3v) is 10.5. The predicted octanol–water partition coefficient (Wildman–Crippen LogP) is 4.36. The van der Waals surface area contributed by atoms with Crippen molar-refractivity contribution < 1.29 is 43.2 Å². The number of carbonyl (C=O) groups is 3. The van der Waals surface area contributed by atoms with E-state index >= 15 is 0 Å². The average Bonchev–Trinajstić information content (AvgIpc) is 3.57. The largest absolute Gasteiger partial charge is 0.459 e. The second-order valence-corrected chi connectivity index (χ2v) is 13.4. The zero-order valence-corrected chi connectivity index (χ0v) is 26.9. The van der Waals surface area contributed by atoms with Crippen molar-refractivity contribution in [3.63, 3.8) is 0 Å². The van der Waals surface area contributed by atoms with Gasteiger partial charge < -0.3 is 33.8 Å². The van der Waals surface area contributed by atoms with E-state index in [1.54, 1.807) is 25.3 Å². The summed E-state index contributed by atoms with van der Waals surface area (Å²) in [4.78, 5) is 42.0. The van der Waals surface area contributed by atoms with Crippen LogP contribution in [0.1, 0.15) is 64.4 Å². The van der Waals surface area contributed by atoms with Crippen LogP contribution in [0.25, 0.3) is 0 Å². The number of nitrogens with one attached hydrogen (secondary N) is 1. The Morgan fingerprint density at radius 1 is 1.30 bits per heavy atom. The van der Waals surface area contributed by atoms with Gasteiger partial charge in [-0.25, -0.2) is 9.59 Å². The summed E-state index contributed by atoms with van der Waals surface area (Å²) < 4.78 is 30.5. The van der Waals surface area contributed by atoms with Crippen molar-refractivity contribution in [2.24, 2.45) is 29.1 Å². The molecule has 0 aromatic carbocycles. The van der Waals surface area contributed by atoms with Gasteiger partial charge in [0.05, 0.1) is 6.10 Å². The highest BCUT2D eigenvalue weighted by atomic mass is 35.5. The molecule has 0 unspecified atom stereocenters. The lowest BCUT2D eigenvalue weighted by Gasteiger charge is -2.53. The first-order valence-corrected chi connectivity index (χ1v) is 16.0. The van der Waals surface area contributed by atoms with Gasteiger partial charge in [0.1, 0.15) is 35.7 Å². The first kappa shape index (κ1) is 32.7. The van der Waals surface area contributed by atoms with Gasteiger partial charge in [-0.3, -0.25) is 4.79 Å². The molecule has 5 rings (SSSR count). The number of cyclic esters (lactones) is 1. The van der Waals surface area contributed by atoms with Gasteiger partial charge >= 0.3 is 17.9 Å². The van der Waals surface area contributed by atoms with Crippen LogP contribution in [0, 0.1) is 29.1 Å². The van der Waals surface area contributed by atoms with Gasteiger partial charge in [-0.05, 0) is 44.4 Å². The fourth-order valence-electron chi connectivity index (χ4n) is 8.07. The molecule has 44 heavy (non-hydrogen) atoms. The van der Waals surface area contributed by atoms with Crippen molar-refractivity contribution in [1.29, 1.82) is 0 Å². The SMILES string of the molecule is CO[C@H]1C[C@H]2C=C[C@]3(C)[C@H]4[C@H](O)[C@@H](C)[C@@H](OC(=O)c5ccc[nH]5)[C@@H]3O[C@@]24/C(C)=C/[C@@H](C)[C@@H]([C@@H](C)OC(=O)CCCCl)OC1=O. The highest BCUT2D eigenvalue weighted by Gasteiger charge is 2.73. The quantitative estimate of drug-likeness (QED) is 0.185. The minimum atomic E-state index is -1.02. The van der Waals surface area contributed by atoms with Crippen molar-refractivity contribution in [1.82, 2.24) is 4.98 Å². The maximum Gasteiger partial charge on any atom is 0.355 e.